The molecule has 0 aromatic heterocycles. The molecule has 0 amide bonds. The Balaban J connectivity index is 2.01. The normalized spacial score (nSPS) is 31.4. The fraction of sp³-hybridized carbons (Fsp3) is 0.933. The third-order valence-corrected chi connectivity index (χ3v) is 4.75. The van der Waals surface area contributed by atoms with Gasteiger partial charge in [0.05, 0.1) is 6.07 Å². The number of hydrogen-bond donors (Lipinski definition) is 1. The topological polar surface area (TPSA) is 42.3 Å². The maximum Gasteiger partial charge on any atom is 0.122 e. The second-order valence-electron chi connectivity index (χ2n) is 6.59. The first kappa shape index (κ1) is 14.8. The van der Waals surface area contributed by atoms with Crippen molar-refractivity contribution in [2.24, 2.45) is 11.8 Å². The van der Waals surface area contributed by atoms with Gasteiger partial charge in [0, 0.05) is 25.7 Å². The zero-order valence-electron chi connectivity index (χ0n) is 12.8. The minimum Gasteiger partial charge on any atom is -0.305 e. The van der Waals surface area contributed by atoms with Crippen LogP contribution in [0.1, 0.15) is 26.7 Å². The summed E-state index contributed by atoms with van der Waals surface area (Å²) >= 11 is 0. The van der Waals surface area contributed by atoms with Crippen molar-refractivity contribution < 1.29 is 0 Å². The Morgan fingerprint density at radius 2 is 2.05 bits per heavy atom. The Bertz CT molecular complexity index is 345. The fourth-order valence-electron chi connectivity index (χ4n) is 3.59. The van der Waals surface area contributed by atoms with E-state index in [0.29, 0.717) is 17.9 Å². The third-order valence-electron chi connectivity index (χ3n) is 4.75. The van der Waals surface area contributed by atoms with E-state index < -0.39 is 0 Å². The lowest BCUT2D eigenvalue weighted by molar-refractivity contribution is 0.211. The van der Waals surface area contributed by atoms with Crippen molar-refractivity contribution in [3.63, 3.8) is 0 Å². The van der Waals surface area contributed by atoms with E-state index in [1.807, 2.05) is 0 Å². The molecule has 1 heterocycles. The van der Waals surface area contributed by atoms with E-state index in [1.165, 1.54) is 12.8 Å². The largest absolute Gasteiger partial charge is 0.305 e. The Morgan fingerprint density at radius 1 is 1.37 bits per heavy atom. The smallest absolute Gasteiger partial charge is 0.122 e. The van der Waals surface area contributed by atoms with Crippen molar-refractivity contribution in [3.8, 4) is 6.07 Å². The molecule has 1 aliphatic heterocycles. The number of hydrogen-bond acceptors (Lipinski definition) is 4. The number of likely N-dealkylation sites (tertiary alicyclic amines) is 1. The molecule has 0 aromatic rings. The zero-order chi connectivity index (χ0) is 14.0. The predicted molar refractivity (Wildman–Crippen MR) is 77.8 cm³/mol. The van der Waals surface area contributed by atoms with Gasteiger partial charge in [-0.05, 0) is 45.3 Å². The molecule has 1 aliphatic carbocycles. The molecule has 0 spiro atoms. The Hall–Kier alpha value is -0.630. The molecule has 0 radical (unpaired) electrons. The van der Waals surface area contributed by atoms with Crippen LogP contribution in [0.4, 0.5) is 0 Å². The van der Waals surface area contributed by atoms with E-state index in [0.717, 1.165) is 26.2 Å². The van der Waals surface area contributed by atoms with Crippen molar-refractivity contribution in [2.45, 2.75) is 38.3 Å². The number of likely N-dealkylation sites (N-methyl/N-ethyl adjacent to an activating group) is 2. The first-order valence-electron chi connectivity index (χ1n) is 7.57. The summed E-state index contributed by atoms with van der Waals surface area (Å²) in [5.74, 6) is 1.25. The third kappa shape index (κ3) is 3.10. The van der Waals surface area contributed by atoms with Gasteiger partial charge >= 0.3 is 0 Å². The van der Waals surface area contributed by atoms with Crippen LogP contribution in [-0.4, -0.2) is 61.7 Å². The van der Waals surface area contributed by atoms with Crippen LogP contribution in [0.3, 0.4) is 0 Å². The standard InChI is InChI=1S/C15H28N4/c1-5-17-15(10-16,13-6-7-13)11-19-8-12(2)14(9-19)18(3)4/h12-14,17H,5-9,11H2,1-4H3. The Kier molecular flexibility index (Phi) is 4.50. The van der Waals surface area contributed by atoms with Crippen molar-refractivity contribution in [1.29, 1.82) is 5.26 Å². The van der Waals surface area contributed by atoms with Gasteiger partial charge < -0.3 is 4.90 Å². The van der Waals surface area contributed by atoms with E-state index in [1.54, 1.807) is 0 Å². The Labute approximate surface area is 117 Å². The van der Waals surface area contributed by atoms with E-state index >= 15 is 0 Å². The van der Waals surface area contributed by atoms with Crippen LogP contribution in [0.2, 0.25) is 0 Å². The van der Waals surface area contributed by atoms with Crippen LogP contribution in [0.5, 0.6) is 0 Å². The minimum atomic E-state index is -0.310. The second-order valence-corrected chi connectivity index (χ2v) is 6.59. The van der Waals surface area contributed by atoms with Crippen LogP contribution >= 0.6 is 0 Å². The lowest BCUT2D eigenvalue weighted by atomic mass is 9.94. The van der Waals surface area contributed by atoms with E-state index in [4.69, 9.17) is 0 Å². The highest BCUT2D eigenvalue weighted by atomic mass is 15.3. The molecule has 0 bridgehead atoms. The van der Waals surface area contributed by atoms with E-state index in [2.05, 4.69) is 49.1 Å². The van der Waals surface area contributed by atoms with Gasteiger partial charge in [0.2, 0.25) is 0 Å². The molecule has 1 N–H and O–H groups in total. The molecule has 3 unspecified atom stereocenters. The highest BCUT2D eigenvalue weighted by Gasteiger charge is 2.47. The molecule has 1 saturated heterocycles. The summed E-state index contributed by atoms with van der Waals surface area (Å²) in [5.41, 5.74) is -0.310. The minimum absolute atomic E-state index is 0.310. The molecule has 108 valence electrons. The molecule has 4 heteroatoms. The second kappa shape index (κ2) is 5.78. The summed E-state index contributed by atoms with van der Waals surface area (Å²) in [7, 11) is 4.32. The lowest BCUT2D eigenvalue weighted by Crippen LogP contribution is -2.54. The maximum atomic E-state index is 9.67. The zero-order valence-corrected chi connectivity index (χ0v) is 12.8. The predicted octanol–water partition coefficient (Wildman–Crippen LogP) is 1.15. The number of nitrogens with one attached hydrogen (secondary N) is 1. The van der Waals surface area contributed by atoms with Gasteiger partial charge in [-0.3, -0.25) is 10.2 Å². The quantitative estimate of drug-likeness (QED) is 0.781. The van der Waals surface area contributed by atoms with Gasteiger partial charge in [0.15, 0.2) is 0 Å². The summed E-state index contributed by atoms with van der Waals surface area (Å²) < 4.78 is 0. The highest BCUT2D eigenvalue weighted by Crippen LogP contribution is 2.40. The van der Waals surface area contributed by atoms with Crippen LogP contribution in [0, 0.1) is 23.2 Å². The molecule has 2 fully saturated rings. The van der Waals surface area contributed by atoms with Crippen LogP contribution in [-0.2, 0) is 0 Å². The average Bonchev–Trinajstić information content (AvgIpc) is 3.14. The van der Waals surface area contributed by atoms with Gasteiger partial charge in [0.25, 0.3) is 0 Å². The highest BCUT2D eigenvalue weighted by molar-refractivity contribution is 5.17. The van der Waals surface area contributed by atoms with Crippen molar-refractivity contribution in [3.05, 3.63) is 0 Å². The first-order chi connectivity index (χ1) is 9.02. The van der Waals surface area contributed by atoms with Crippen molar-refractivity contribution in [1.82, 2.24) is 15.1 Å². The molecular weight excluding hydrogens is 236 g/mol. The van der Waals surface area contributed by atoms with Crippen molar-refractivity contribution in [2.75, 3.05) is 40.3 Å². The van der Waals surface area contributed by atoms with E-state index in [9.17, 15) is 5.26 Å². The molecular formula is C15H28N4. The number of nitriles is 1. The van der Waals surface area contributed by atoms with Gasteiger partial charge in [-0.1, -0.05) is 13.8 Å². The van der Waals surface area contributed by atoms with E-state index in [-0.39, 0.29) is 5.54 Å². The first-order valence-corrected chi connectivity index (χ1v) is 7.57. The molecule has 2 rings (SSSR count). The molecule has 4 nitrogen and oxygen atoms in total. The molecule has 1 saturated carbocycles. The van der Waals surface area contributed by atoms with Gasteiger partial charge in [-0.2, -0.15) is 5.26 Å². The lowest BCUT2D eigenvalue weighted by Gasteiger charge is -2.32. The summed E-state index contributed by atoms with van der Waals surface area (Å²) in [6, 6.07) is 3.22. The monoisotopic (exact) mass is 264 g/mol. The summed E-state index contributed by atoms with van der Waals surface area (Å²) in [6.07, 6.45) is 2.42. The Morgan fingerprint density at radius 3 is 2.47 bits per heavy atom. The number of rotatable bonds is 6. The molecule has 19 heavy (non-hydrogen) atoms. The van der Waals surface area contributed by atoms with Crippen LogP contribution < -0.4 is 5.32 Å². The molecule has 0 aromatic carbocycles. The van der Waals surface area contributed by atoms with Gasteiger partial charge in [-0.25, -0.2) is 0 Å². The summed E-state index contributed by atoms with van der Waals surface area (Å²) in [5, 5.41) is 13.1. The summed E-state index contributed by atoms with van der Waals surface area (Å²) in [6.45, 7) is 8.40. The SMILES string of the molecule is CCNC(C#N)(CN1CC(C)C(N(C)C)C1)C1CC1. The molecule has 2 aliphatic rings. The van der Waals surface area contributed by atoms with Crippen LogP contribution in [0.25, 0.3) is 0 Å². The van der Waals surface area contributed by atoms with Crippen LogP contribution in [0.15, 0.2) is 0 Å². The number of nitrogens with zero attached hydrogens (tertiary/aromatic N) is 3. The summed E-state index contributed by atoms with van der Waals surface area (Å²) in [4.78, 5) is 4.81. The maximum absolute atomic E-state index is 9.67. The van der Waals surface area contributed by atoms with Crippen molar-refractivity contribution >= 4 is 0 Å². The van der Waals surface area contributed by atoms with Gasteiger partial charge in [0.1, 0.15) is 5.54 Å². The fourth-order valence-corrected chi connectivity index (χ4v) is 3.59. The average molecular weight is 264 g/mol. The molecule has 3 atom stereocenters. The van der Waals surface area contributed by atoms with Gasteiger partial charge in [-0.15, -0.1) is 0 Å².